The molecule has 3 aliphatic rings. The standard InChI is InChI=1S/C24H31FN4O3/c1-15(2)21-24(3)20(32-14-16-9-11-26-12-10-16)13-19(22(30)31-4)27-23(24)29(28-21)18-7-5-17(25)6-8-18/h5-8,13,15-16,20,26H,9-12,14H2,1-4H3. The van der Waals surface area contributed by atoms with Crippen molar-refractivity contribution in [3.05, 3.63) is 41.9 Å². The predicted octanol–water partition coefficient (Wildman–Crippen LogP) is 3.52. The molecule has 2 atom stereocenters. The third-order valence-electron chi connectivity index (χ3n) is 6.49. The largest absolute Gasteiger partial charge is 0.464 e. The molecule has 3 heterocycles. The molecule has 0 saturated carbocycles. The zero-order valence-electron chi connectivity index (χ0n) is 19.1. The number of rotatable bonds is 6. The summed E-state index contributed by atoms with van der Waals surface area (Å²) in [5.41, 5.74) is 1.13. The van der Waals surface area contributed by atoms with Crippen molar-refractivity contribution in [2.24, 2.45) is 27.3 Å². The van der Waals surface area contributed by atoms with Crippen molar-refractivity contribution < 1.29 is 18.7 Å². The molecular weight excluding hydrogens is 411 g/mol. The van der Waals surface area contributed by atoms with Gasteiger partial charge < -0.3 is 14.8 Å². The van der Waals surface area contributed by atoms with E-state index in [-0.39, 0.29) is 17.4 Å². The Morgan fingerprint density at radius 1 is 1.28 bits per heavy atom. The Kier molecular flexibility index (Phi) is 6.44. The monoisotopic (exact) mass is 442 g/mol. The number of nitrogens with one attached hydrogen (secondary N) is 1. The lowest BCUT2D eigenvalue weighted by Crippen LogP contribution is -2.51. The number of piperidine rings is 1. The maximum absolute atomic E-state index is 13.6. The number of anilines is 1. The maximum atomic E-state index is 13.6. The highest BCUT2D eigenvalue weighted by Crippen LogP contribution is 2.44. The summed E-state index contributed by atoms with van der Waals surface area (Å²) in [6.07, 6.45) is 3.46. The summed E-state index contributed by atoms with van der Waals surface area (Å²) in [7, 11) is 1.34. The fourth-order valence-corrected chi connectivity index (χ4v) is 4.69. The summed E-state index contributed by atoms with van der Waals surface area (Å²) in [5, 5.41) is 9.97. The molecule has 0 radical (unpaired) electrons. The molecule has 0 aromatic heterocycles. The molecule has 4 rings (SSSR count). The fourth-order valence-electron chi connectivity index (χ4n) is 4.69. The number of nitrogens with zero attached hydrogens (tertiary/aromatic N) is 3. The van der Waals surface area contributed by atoms with Crippen molar-refractivity contribution in [3.63, 3.8) is 0 Å². The molecule has 1 fully saturated rings. The second-order valence-electron chi connectivity index (χ2n) is 9.06. The number of hydrogen-bond acceptors (Lipinski definition) is 7. The van der Waals surface area contributed by atoms with E-state index in [2.05, 4.69) is 31.1 Å². The first-order valence-corrected chi connectivity index (χ1v) is 11.2. The van der Waals surface area contributed by atoms with Crippen LogP contribution in [0.3, 0.4) is 0 Å². The Bertz CT molecular complexity index is 950. The van der Waals surface area contributed by atoms with Crippen LogP contribution in [0.1, 0.15) is 33.6 Å². The molecule has 0 amide bonds. The Balaban J connectivity index is 1.73. The smallest absolute Gasteiger partial charge is 0.356 e. The van der Waals surface area contributed by atoms with Crippen molar-refractivity contribution in [1.82, 2.24) is 5.32 Å². The van der Waals surface area contributed by atoms with E-state index in [0.29, 0.717) is 24.0 Å². The highest BCUT2D eigenvalue weighted by atomic mass is 19.1. The Morgan fingerprint density at radius 3 is 2.59 bits per heavy atom. The van der Waals surface area contributed by atoms with Gasteiger partial charge in [0.15, 0.2) is 0 Å². The number of halogens is 1. The van der Waals surface area contributed by atoms with Crippen LogP contribution in [0, 0.1) is 23.1 Å². The van der Waals surface area contributed by atoms with Gasteiger partial charge in [0.1, 0.15) is 17.3 Å². The Labute approximate surface area is 188 Å². The molecule has 0 bridgehead atoms. The SMILES string of the molecule is COC(=O)C1=CC(OCC2CCNCC2)C2(C)C(C(C)C)=NN(c3ccc(F)cc3)C2=N1. The van der Waals surface area contributed by atoms with E-state index in [1.54, 1.807) is 23.2 Å². The number of carbonyl (C=O) groups is 1. The number of ether oxygens (including phenoxy) is 2. The predicted molar refractivity (Wildman–Crippen MR) is 122 cm³/mol. The number of hydrogen-bond donors (Lipinski definition) is 1. The second kappa shape index (κ2) is 9.11. The molecule has 1 aromatic carbocycles. The Morgan fingerprint density at radius 2 is 1.97 bits per heavy atom. The lowest BCUT2D eigenvalue weighted by Gasteiger charge is -2.38. The number of aliphatic imine (C=N–C) groups is 1. The van der Waals surface area contributed by atoms with Crippen LogP contribution in [0.25, 0.3) is 0 Å². The van der Waals surface area contributed by atoms with Crippen molar-refractivity contribution in [2.75, 3.05) is 31.8 Å². The second-order valence-corrected chi connectivity index (χ2v) is 9.06. The molecule has 172 valence electrons. The fraction of sp³-hybridized carbons (Fsp3) is 0.542. The minimum absolute atomic E-state index is 0.119. The van der Waals surface area contributed by atoms with Crippen LogP contribution in [0.2, 0.25) is 0 Å². The molecule has 0 aliphatic carbocycles. The van der Waals surface area contributed by atoms with Crippen molar-refractivity contribution in [2.45, 2.75) is 39.7 Å². The topological polar surface area (TPSA) is 75.5 Å². The zero-order valence-corrected chi connectivity index (χ0v) is 19.1. The molecular formula is C24H31FN4O3. The molecule has 8 heteroatoms. The van der Waals surface area contributed by atoms with E-state index in [1.165, 1.54) is 19.2 Å². The molecule has 1 saturated heterocycles. The van der Waals surface area contributed by atoms with Gasteiger partial charge in [0.25, 0.3) is 0 Å². The van der Waals surface area contributed by atoms with Crippen LogP contribution in [-0.2, 0) is 14.3 Å². The summed E-state index contributed by atoms with van der Waals surface area (Å²) in [6.45, 7) is 8.80. The quantitative estimate of drug-likeness (QED) is 0.683. The van der Waals surface area contributed by atoms with Crippen LogP contribution in [0.5, 0.6) is 0 Å². The van der Waals surface area contributed by atoms with Gasteiger partial charge in [-0.1, -0.05) is 13.8 Å². The van der Waals surface area contributed by atoms with Crippen molar-refractivity contribution in [3.8, 4) is 0 Å². The lowest BCUT2D eigenvalue weighted by atomic mass is 9.73. The van der Waals surface area contributed by atoms with E-state index in [1.807, 2.05) is 0 Å². The number of carbonyl (C=O) groups excluding carboxylic acids is 1. The van der Waals surface area contributed by atoms with E-state index >= 15 is 0 Å². The van der Waals surface area contributed by atoms with Crippen LogP contribution >= 0.6 is 0 Å². The Hall–Kier alpha value is -2.58. The van der Waals surface area contributed by atoms with Crippen molar-refractivity contribution in [1.29, 1.82) is 0 Å². The summed E-state index contributed by atoms with van der Waals surface area (Å²) < 4.78 is 25.0. The minimum atomic E-state index is -0.660. The van der Waals surface area contributed by atoms with Crippen molar-refractivity contribution >= 4 is 23.2 Å². The number of esters is 1. The van der Waals surface area contributed by atoms with Gasteiger partial charge in [0.2, 0.25) is 0 Å². The van der Waals surface area contributed by atoms with Crippen LogP contribution in [-0.4, -0.2) is 50.4 Å². The number of hydrazone groups is 1. The first kappa shape index (κ1) is 22.6. The highest BCUT2D eigenvalue weighted by Gasteiger charge is 2.54. The normalized spacial score (nSPS) is 25.9. The van der Waals surface area contributed by atoms with Crippen LogP contribution in [0.15, 0.2) is 46.1 Å². The maximum Gasteiger partial charge on any atom is 0.356 e. The lowest BCUT2D eigenvalue weighted by molar-refractivity contribution is -0.136. The number of fused-ring (bicyclic) bond motifs is 1. The van der Waals surface area contributed by atoms with Gasteiger partial charge in [0.05, 0.1) is 36.6 Å². The van der Waals surface area contributed by atoms with E-state index in [0.717, 1.165) is 31.6 Å². The molecule has 2 unspecified atom stereocenters. The summed E-state index contributed by atoms with van der Waals surface area (Å²) in [4.78, 5) is 17.1. The molecule has 1 N–H and O–H groups in total. The molecule has 32 heavy (non-hydrogen) atoms. The minimum Gasteiger partial charge on any atom is -0.464 e. The summed E-state index contributed by atoms with van der Waals surface area (Å²) >= 11 is 0. The van der Waals surface area contributed by atoms with E-state index in [9.17, 15) is 9.18 Å². The van der Waals surface area contributed by atoms with Gasteiger partial charge in [-0.2, -0.15) is 5.10 Å². The van der Waals surface area contributed by atoms with E-state index < -0.39 is 17.5 Å². The number of benzene rings is 1. The highest BCUT2D eigenvalue weighted by molar-refractivity contribution is 6.23. The number of amidine groups is 1. The molecule has 3 aliphatic heterocycles. The van der Waals surface area contributed by atoms with Gasteiger partial charge in [-0.25, -0.2) is 19.2 Å². The zero-order chi connectivity index (χ0) is 22.9. The van der Waals surface area contributed by atoms with Gasteiger partial charge in [-0.15, -0.1) is 0 Å². The number of methoxy groups -OCH3 is 1. The van der Waals surface area contributed by atoms with E-state index in [4.69, 9.17) is 14.6 Å². The third-order valence-corrected chi connectivity index (χ3v) is 6.49. The molecule has 0 spiro atoms. The van der Waals surface area contributed by atoms with Crippen LogP contribution < -0.4 is 10.3 Å². The van der Waals surface area contributed by atoms with Gasteiger partial charge >= 0.3 is 5.97 Å². The first-order chi connectivity index (χ1) is 15.3. The average molecular weight is 443 g/mol. The summed E-state index contributed by atoms with van der Waals surface area (Å²) in [5.74, 6) is 0.325. The average Bonchev–Trinajstić information content (AvgIpc) is 3.11. The van der Waals surface area contributed by atoms with Gasteiger partial charge in [0, 0.05) is 0 Å². The third kappa shape index (κ3) is 4.09. The summed E-state index contributed by atoms with van der Waals surface area (Å²) in [6, 6.07) is 6.10. The van der Waals surface area contributed by atoms with Gasteiger partial charge in [-0.3, -0.25) is 0 Å². The molecule has 1 aromatic rings. The molecule has 7 nitrogen and oxygen atoms in total. The first-order valence-electron chi connectivity index (χ1n) is 11.2. The van der Waals surface area contributed by atoms with Crippen LogP contribution in [0.4, 0.5) is 10.1 Å². The van der Waals surface area contributed by atoms with Gasteiger partial charge in [-0.05, 0) is 75.0 Å².